The fourth-order valence-electron chi connectivity index (χ4n) is 3.49. The number of fused-ring (bicyclic) bond motifs is 1. The number of carbonyl (C=O) groups is 1. The van der Waals surface area contributed by atoms with Crippen molar-refractivity contribution in [3.05, 3.63) is 48.0 Å². The SMILES string of the molecule is O=C1C=C[C@@H]2[C@H](N=NN2[C@@H]2O[C@H](CO)[C@@H](O)[C@@H]2O)N1Cc1ccccc1. The molecule has 9 heteroatoms. The third-order valence-electron chi connectivity index (χ3n) is 4.90. The van der Waals surface area contributed by atoms with Gasteiger partial charge in [-0.3, -0.25) is 4.79 Å². The summed E-state index contributed by atoms with van der Waals surface area (Å²) >= 11 is 0. The Morgan fingerprint density at radius 2 is 1.92 bits per heavy atom. The van der Waals surface area contributed by atoms with Gasteiger partial charge in [0.2, 0.25) is 5.91 Å². The number of rotatable bonds is 4. The molecule has 1 amide bonds. The van der Waals surface area contributed by atoms with Crippen molar-refractivity contribution in [2.24, 2.45) is 10.3 Å². The predicted octanol–water partition coefficient (Wildman–Crippen LogP) is -0.599. The van der Waals surface area contributed by atoms with Gasteiger partial charge in [-0.2, -0.15) is 0 Å². The fourth-order valence-corrected chi connectivity index (χ4v) is 3.49. The zero-order chi connectivity index (χ0) is 18.3. The Hall–Kier alpha value is -2.33. The Kier molecular flexibility index (Phi) is 4.45. The number of ether oxygens (including phenoxy) is 1. The second-order valence-corrected chi connectivity index (χ2v) is 6.53. The number of amides is 1. The topological polar surface area (TPSA) is 118 Å². The Labute approximate surface area is 149 Å². The van der Waals surface area contributed by atoms with Crippen molar-refractivity contribution in [2.45, 2.75) is 43.3 Å². The highest BCUT2D eigenvalue weighted by Crippen LogP contribution is 2.33. The minimum atomic E-state index is -1.24. The second kappa shape index (κ2) is 6.76. The van der Waals surface area contributed by atoms with E-state index in [-0.39, 0.29) is 5.91 Å². The van der Waals surface area contributed by atoms with E-state index in [0.29, 0.717) is 6.54 Å². The van der Waals surface area contributed by atoms with Gasteiger partial charge in [0.25, 0.3) is 0 Å². The standard InChI is InChI=1S/C17H20N4O5/c22-9-12-14(24)15(25)17(26-12)21-11-6-7-13(23)20(16(11)18-19-21)8-10-4-2-1-3-5-10/h1-7,11-12,14-17,22,24-25H,8-9H2/t11-,12-,14-,15+,16-,17-/m1/s1. The summed E-state index contributed by atoms with van der Waals surface area (Å²) in [4.78, 5) is 14.0. The van der Waals surface area contributed by atoms with Crippen LogP contribution in [-0.4, -0.2) is 74.5 Å². The summed E-state index contributed by atoms with van der Waals surface area (Å²) in [7, 11) is 0. The van der Waals surface area contributed by atoms with E-state index in [1.54, 1.807) is 11.0 Å². The molecule has 0 aromatic heterocycles. The van der Waals surface area contributed by atoms with Crippen LogP contribution in [0.4, 0.5) is 0 Å². The molecule has 0 aliphatic carbocycles. The smallest absolute Gasteiger partial charge is 0.248 e. The summed E-state index contributed by atoms with van der Waals surface area (Å²) < 4.78 is 5.53. The molecule has 0 radical (unpaired) electrons. The molecule has 0 spiro atoms. The molecule has 1 aromatic carbocycles. The molecule has 9 nitrogen and oxygen atoms in total. The number of nitrogens with zero attached hydrogens (tertiary/aromatic N) is 4. The van der Waals surface area contributed by atoms with E-state index >= 15 is 0 Å². The lowest BCUT2D eigenvalue weighted by molar-refractivity contribution is -0.133. The van der Waals surface area contributed by atoms with E-state index < -0.39 is 43.4 Å². The van der Waals surface area contributed by atoms with E-state index in [9.17, 15) is 20.1 Å². The van der Waals surface area contributed by atoms with Crippen LogP contribution < -0.4 is 0 Å². The molecule has 1 saturated heterocycles. The molecular weight excluding hydrogens is 340 g/mol. The van der Waals surface area contributed by atoms with Crippen molar-refractivity contribution < 1.29 is 24.9 Å². The van der Waals surface area contributed by atoms with Crippen LogP contribution in [0.3, 0.4) is 0 Å². The van der Waals surface area contributed by atoms with Gasteiger partial charge in [-0.15, -0.1) is 5.11 Å². The summed E-state index contributed by atoms with van der Waals surface area (Å²) in [5.41, 5.74) is 0.969. The Balaban J connectivity index is 1.54. The largest absolute Gasteiger partial charge is 0.394 e. The molecule has 3 heterocycles. The van der Waals surface area contributed by atoms with Crippen LogP contribution in [0, 0.1) is 0 Å². The van der Waals surface area contributed by atoms with Crippen molar-refractivity contribution >= 4 is 5.91 Å². The number of aliphatic hydroxyl groups is 3. The third kappa shape index (κ3) is 2.78. The first-order valence-electron chi connectivity index (χ1n) is 8.44. The molecule has 138 valence electrons. The second-order valence-electron chi connectivity index (χ2n) is 6.53. The average molecular weight is 360 g/mol. The molecule has 0 unspecified atom stereocenters. The number of benzene rings is 1. The van der Waals surface area contributed by atoms with Gasteiger partial charge in [-0.05, 0) is 5.56 Å². The van der Waals surface area contributed by atoms with Crippen LogP contribution in [0.5, 0.6) is 0 Å². The van der Waals surface area contributed by atoms with E-state index in [0.717, 1.165) is 5.56 Å². The first kappa shape index (κ1) is 17.1. The van der Waals surface area contributed by atoms with Crippen LogP contribution >= 0.6 is 0 Å². The summed E-state index contributed by atoms with van der Waals surface area (Å²) in [6, 6.07) is 9.15. The first-order chi connectivity index (χ1) is 12.6. The molecule has 3 N–H and O–H groups in total. The summed E-state index contributed by atoms with van der Waals surface area (Å²) in [6.07, 6.45) is -1.71. The normalized spacial score (nSPS) is 36.0. The molecule has 4 rings (SSSR count). The van der Waals surface area contributed by atoms with Gasteiger partial charge in [0, 0.05) is 12.6 Å². The molecular formula is C17H20N4O5. The highest BCUT2D eigenvalue weighted by Gasteiger charge is 2.51. The van der Waals surface area contributed by atoms with Gasteiger partial charge in [0.1, 0.15) is 24.4 Å². The highest BCUT2D eigenvalue weighted by atomic mass is 16.6. The molecule has 1 fully saturated rings. The summed E-state index contributed by atoms with van der Waals surface area (Å²) in [5, 5.41) is 39.1. The minimum absolute atomic E-state index is 0.169. The molecule has 0 bridgehead atoms. The van der Waals surface area contributed by atoms with Gasteiger partial charge in [0.15, 0.2) is 12.4 Å². The lowest BCUT2D eigenvalue weighted by atomic mass is 10.1. The van der Waals surface area contributed by atoms with E-state index in [1.165, 1.54) is 11.1 Å². The monoisotopic (exact) mass is 360 g/mol. The average Bonchev–Trinajstić information content (AvgIpc) is 3.20. The first-order valence-corrected chi connectivity index (χ1v) is 8.44. The maximum Gasteiger partial charge on any atom is 0.248 e. The van der Waals surface area contributed by atoms with Gasteiger partial charge in [-0.25, -0.2) is 5.01 Å². The van der Waals surface area contributed by atoms with E-state index in [2.05, 4.69) is 10.3 Å². The minimum Gasteiger partial charge on any atom is -0.394 e. The van der Waals surface area contributed by atoms with Gasteiger partial charge in [-0.1, -0.05) is 41.6 Å². The van der Waals surface area contributed by atoms with E-state index in [4.69, 9.17) is 4.74 Å². The Morgan fingerprint density at radius 1 is 1.15 bits per heavy atom. The van der Waals surface area contributed by atoms with Crippen LogP contribution in [0.25, 0.3) is 0 Å². The molecule has 3 aliphatic rings. The third-order valence-corrected chi connectivity index (χ3v) is 4.90. The lowest BCUT2D eigenvalue weighted by Gasteiger charge is -2.36. The summed E-state index contributed by atoms with van der Waals surface area (Å²) in [5.74, 6) is -0.169. The highest BCUT2D eigenvalue weighted by molar-refractivity contribution is 5.89. The number of aliphatic hydroxyl groups excluding tert-OH is 3. The van der Waals surface area contributed by atoms with E-state index in [1.807, 2.05) is 30.3 Å². The van der Waals surface area contributed by atoms with Crippen LogP contribution in [0.1, 0.15) is 5.56 Å². The van der Waals surface area contributed by atoms with Gasteiger partial charge < -0.3 is 25.0 Å². The van der Waals surface area contributed by atoms with Crippen LogP contribution in [0.2, 0.25) is 0 Å². The molecule has 0 saturated carbocycles. The molecule has 6 atom stereocenters. The fraction of sp³-hybridized carbons (Fsp3) is 0.471. The lowest BCUT2D eigenvalue weighted by Crippen LogP contribution is -2.53. The molecule has 26 heavy (non-hydrogen) atoms. The number of hydrogen-bond acceptors (Lipinski definition) is 8. The molecule has 3 aliphatic heterocycles. The van der Waals surface area contributed by atoms with Crippen LogP contribution in [0.15, 0.2) is 52.8 Å². The summed E-state index contributed by atoms with van der Waals surface area (Å²) in [6.45, 7) is -0.0315. The maximum absolute atomic E-state index is 12.3. The van der Waals surface area contributed by atoms with Gasteiger partial charge >= 0.3 is 0 Å². The van der Waals surface area contributed by atoms with Crippen LogP contribution in [-0.2, 0) is 16.1 Å². The maximum atomic E-state index is 12.3. The van der Waals surface area contributed by atoms with Crippen molar-refractivity contribution in [3.8, 4) is 0 Å². The Bertz CT molecular complexity index is 727. The zero-order valence-corrected chi connectivity index (χ0v) is 13.9. The van der Waals surface area contributed by atoms with Gasteiger partial charge in [0.05, 0.1) is 6.61 Å². The van der Waals surface area contributed by atoms with Crippen molar-refractivity contribution in [2.75, 3.05) is 6.61 Å². The number of carbonyl (C=O) groups excluding carboxylic acids is 1. The number of hydrogen-bond donors (Lipinski definition) is 3. The van der Waals surface area contributed by atoms with Crippen molar-refractivity contribution in [1.82, 2.24) is 9.91 Å². The Morgan fingerprint density at radius 3 is 2.62 bits per heavy atom. The van der Waals surface area contributed by atoms with Crippen molar-refractivity contribution in [3.63, 3.8) is 0 Å². The quantitative estimate of drug-likeness (QED) is 0.660. The predicted molar refractivity (Wildman–Crippen MR) is 88.2 cm³/mol. The van der Waals surface area contributed by atoms with Crippen molar-refractivity contribution in [1.29, 1.82) is 0 Å². The zero-order valence-electron chi connectivity index (χ0n) is 13.9. The molecule has 1 aromatic rings.